The average Bonchev–Trinajstić information content (AvgIpc) is 2.93. The van der Waals surface area contributed by atoms with Crippen LogP contribution in [0, 0.1) is 0 Å². The number of carbonyl (C=O) groups is 2. The molecule has 1 N–H and O–H groups in total. The molecule has 0 bridgehead atoms. The lowest BCUT2D eigenvalue weighted by Gasteiger charge is -2.16. The van der Waals surface area contributed by atoms with Gasteiger partial charge in [0.05, 0.1) is 36.2 Å². The van der Waals surface area contributed by atoms with E-state index < -0.39 is 21.8 Å². The first-order valence-electron chi connectivity index (χ1n) is 8.15. The summed E-state index contributed by atoms with van der Waals surface area (Å²) in [6, 6.07) is 8.89. The summed E-state index contributed by atoms with van der Waals surface area (Å²) in [5.74, 6) is -0.317. The number of amides is 2. The van der Waals surface area contributed by atoms with Crippen molar-refractivity contribution in [1.29, 1.82) is 0 Å². The highest BCUT2D eigenvalue weighted by atomic mass is 35.5. The maximum Gasteiger partial charge on any atom is 0.257 e. The van der Waals surface area contributed by atoms with E-state index >= 15 is 0 Å². The zero-order valence-electron chi connectivity index (χ0n) is 15.1. The number of nitrogens with zero attached hydrogens (tertiary/aromatic N) is 1. The molecule has 8 nitrogen and oxygen atoms in total. The number of methoxy groups -OCH3 is 2. The molecule has 1 saturated heterocycles. The highest BCUT2D eigenvalue weighted by Gasteiger charge is 2.36. The van der Waals surface area contributed by atoms with Crippen molar-refractivity contribution in [3.05, 3.63) is 47.0 Å². The number of anilines is 2. The van der Waals surface area contributed by atoms with Gasteiger partial charge in [-0.1, -0.05) is 11.6 Å². The Morgan fingerprint density at radius 2 is 1.82 bits per heavy atom. The van der Waals surface area contributed by atoms with Gasteiger partial charge < -0.3 is 14.8 Å². The zero-order chi connectivity index (χ0) is 20.5. The molecular weight excluding hydrogens is 408 g/mol. The number of hydrogen-bond donors (Lipinski definition) is 1. The Hall–Kier alpha value is -2.78. The van der Waals surface area contributed by atoms with Gasteiger partial charge in [-0.15, -0.1) is 0 Å². The van der Waals surface area contributed by atoms with Crippen LogP contribution in [0.5, 0.6) is 11.5 Å². The minimum absolute atomic E-state index is 0.0189. The molecule has 1 aliphatic heterocycles. The minimum atomic E-state index is -3.70. The van der Waals surface area contributed by atoms with Gasteiger partial charge in [0.2, 0.25) is 15.9 Å². The Kier molecular flexibility index (Phi) is 5.48. The van der Waals surface area contributed by atoms with Crippen molar-refractivity contribution in [2.45, 2.75) is 6.42 Å². The van der Waals surface area contributed by atoms with Crippen molar-refractivity contribution in [2.75, 3.05) is 29.6 Å². The van der Waals surface area contributed by atoms with Gasteiger partial charge in [0.1, 0.15) is 0 Å². The van der Waals surface area contributed by atoms with E-state index in [1.54, 1.807) is 18.2 Å². The summed E-state index contributed by atoms with van der Waals surface area (Å²) in [4.78, 5) is 24.4. The Bertz CT molecular complexity index is 1050. The number of benzene rings is 2. The summed E-state index contributed by atoms with van der Waals surface area (Å²) in [6.45, 7) is 0. The van der Waals surface area contributed by atoms with Crippen molar-refractivity contribution in [1.82, 2.24) is 0 Å². The molecule has 2 aromatic rings. The lowest BCUT2D eigenvalue weighted by Crippen LogP contribution is -2.29. The standard InChI is InChI=1S/C18H17ClN2O6S/c1-26-15-6-3-11(9-16(15)27-2)20-18(23)13-5-4-12(10-14(13)19)21-17(22)7-8-28(21,24)25/h3-6,9-10H,7-8H2,1-2H3,(H,20,23). The summed E-state index contributed by atoms with van der Waals surface area (Å²) in [5, 5.41) is 2.70. The lowest BCUT2D eigenvalue weighted by molar-refractivity contribution is -0.116. The molecule has 148 valence electrons. The highest BCUT2D eigenvalue weighted by Crippen LogP contribution is 2.32. The number of carbonyl (C=O) groups excluding carboxylic acids is 2. The third kappa shape index (κ3) is 3.76. The van der Waals surface area contributed by atoms with E-state index in [-0.39, 0.29) is 28.4 Å². The van der Waals surface area contributed by atoms with Crippen molar-refractivity contribution < 1.29 is 27.5 Å². The van der Waals surface area contributed by atoms with Crippen molar-refractivity contribution in [3.8, 4) is 11.5 Å². The molecular formula is C18H17ClN2O6S. The van der Waals surface area contributed by atoms with Crippen LogP contribution in [0.4, 0.5) is 11.4 Å². The third-order valence-electron chi connectivity index (χ3n) is 4.15. The molecule has 3 rings (SSSR count). The van der Waals surface area contributed by atoms with Crippen LogP contribution < -0.4 is 19.1 Å². The van der Waals surface area contributed by atoms with E-state index in [0.29, 0.717) is 17.2 Å². The van der Waals surface area contributed by atoms with E-state index in [2.05, 4.69) is 5.32 Å². The Labute approximate surface area is 167 Å². The van der Waals surface area contributed by atoms with E-state index in [1.165, 1.54) is 32.4 Å². The normalized spacial score (nSPS) is 15.4. The number of nitrogens with one attached hydrogen (secondary N) is 1. The number of rotatable bonds is 5. The van der Waals surface area contributed by atoms with Gasteiger partial charge in [0.25, 0.3) is 5.91 Å². The topological polar surface area (TPSA) is 102 Å². The Balaban J connectivity index is 1.85. The second-order valence-electron chi connectivity index (χ2n) is 5.91. The van der Waals surface area contributed by atoms with Crippen LogP contribution in [0.2, 0.25) is 5.02 Å². The summed E-state index contributed by atoms with van der Waals surface area (Å²) in [6.07, 6.45) is -0.0819. The van der Waals surface area contributed by atoms with Crippen molar-refractivity contribution in [3.63, 3.8) is 0 Å². The summed E-state index contributed by atoms with van der Waals surface area (Å²) in [5.41, 5.74) is 0.694. The lowest BCUT2D eigenvalue weighted by atomic mass is 10.1. The van der Waals surface area contributed by atoms with E-state index in [9.17, 15) is 18.0 Å². The molecule has 0 unspecified atom stereocenters. The number of ether oxygens (including phenoxy) is 2. The number of halogens is 1. The van der Waals surface area contributed by atoms with E-state index in [0.717, 1.165) is 4.31 Å². The van der Waals surface area contributed by atoms with Gasteiger partial charge >= 0.3 is 0 Å². The minimum Gasteiger partial charge on any atom is -0.493 e. The first-order valence-corrected chi connectivity index (χ1v) is 10.1. The van der Waals surface area contributed by atoms with Gasteiger partial charge in [-0.3, -0.25) is 9.59 Å². The van der Waals surface area contributed by atoms with Crippen LogP contribution in [0.1, 0.15) is 16.8 Å². The average molecular weight is 425 g/mol. The van der Waals surface area contributed by atoms with E-state index in [1.807, 2.05) is 0 Å². The summed E-state index contributed by atoms with van der Waals surface area (Å²) >= 11 is 6.18. The molecule has 0 radical (unpaired) electrons. The SMILES string of the molecule is COc1ccc(NC(=O)c2ccc(N3C(=O)CCS3(=O)=O)cc2Cl)cc1OC. The van der Waals surface area contributed by atoms with E-state index in [4.69, 9.17) is 21.1 Å². The smallest absolute Gasteiger partial charge is 0.257 e. The van der Waals surface area contributed by atoms with Gasteiger partial charge in [0, 0.05) is 18.2 Å². The fraction of sp³-hybridized carbons (Fsp3) is 0.222. The van der Waals surface area contributed by atoms with Crippen LogP contribution in [0.25, 0.3) is 0 Å². The molecule has 1 aliphatic rings. The Morgan fingerprint density at radius 1 is 1.11 bits per heavy atom. The molecule has 10 heteroatoms. The first-order chi connectivity index (χ1) is 13.3. The quantitative estimate of drug-likeness (QED) is 0.791. The van der Waals surface area contributed by atoms with Gasteiger partial charge in [-0.25, -0.2) is 12.7 Å². The molecule has 1 heterocycles. The van der Waals surface area contributed by atoms with Crippen LogP contribution in [0.3, 0.4) is 0 Å². The van der Waals surface area contributed by atoms with Crippen LogP contribution in [-0.2, 0) is 14.8 Å². The fourth-order valence-electron chi connectivity index (χ4n) is 2.80. The van der Waals surface area contributed by atoms with Crippen LogP contribution >= 0.6 is 11.6 Å². The second-order valence-corrected chi connectivity index (χ2v) is 8.26. The molecule has 0 spiro atoms. The first kappa shape index (κ1) is 20.0. The molecule has 2 amide bonds. The van der Waals surface area contributed by atoms with Gasteiger partial charge in [0.15, 0.2) is 11.5 Å². The highest BCUT2D eigenvalue weighted by molar-refractivity contribution is 7.94. The number of sulfonamides is 1. The third-order valence-corrected chi connectivity index (χ3v) is 6.16. The van der Waals surface area contributed by atoms with Crippen molar-refractivity contribution >= 4 is 44.8 Å². The largest absolute Gasteiger partial charge is 0.493 e. The zero-order valence-corrected chi connectivity index (χ0v) is 16.6. The maximum atomic E-state index is 12.5. The molecule has 0 saturated carbocycles. The molecule has 2 aromatic carbocycles. The monoisotopic (exact) mass is 424 g/mol. The molecule has 0 aromatic heterocycles. The number of hydrogen-bond acceptors (Lipinski definition) is 6. The predicted octanol–water partition coefficient (Wildman–Crippen LogP) is 2.68. The van der Waals surface area contributed by atoms with Crippen LogP contribution in [0.15, 0.2) is 36.4 Å². The molecule has 1 fully saturated rings. The summed E-state index contributed by atoms with van der Waals surface area (Å²) in [7, 11) is -0.722. The second kappa shape index (κ2) is 7.69. The molecule has 0 atom stereocenters. The molecule has 28 heavy (non-hydrogen) atoms. The maximum absolute atomic E-state index is 12.5. The van der Waals surface area contributed by atoms with Gasteiger partial charge in [-0.2, -0.15) is 0 Å². The van der Waals surface area contributed by atoms with Crippen LogP contribution in [-0.4, -0.2) is 40.2 Å². The summed E-state index contributed by atoms with van der Waals surface area (Å²) < 4.78 is 35.1. The fourth-order valence-corrected chi connectivity index (χ4v) is 4.51. The van der Waals surface area contributed by atoms with Gasteiger partial charge in [-0.05, 0) is 30.3 Å². The molecule has 0 aliphatic carbocycles. The van der Waals surface area contributed by atoms with Crippen molar-refractivity contribution in [2.24, 2.45) is 0 Å². The predicted molar refractivity (Wildman–Crippen MR) is 105 cm³/mol. The Morgan fingerprint density at radius 3 is 2.39 bits per heavy atom.